The Morgan fingerprint density at radius 2 is 2.07 bits per heavy atom. The topological polar surface area (TPSA) is 91.2 Å². The molecule has 9 heteroatoms. The molecule has 4 rings (SSSR count). The first-order valence-corrected chi connectivity index (χ1v) is 10.3. The number of amides is 1. The van der Waals surface area contributed by atoms with Crippen LogP contribution in [0.3, 0.4) is 0 Å². The number of aromatic nitrogens is 4. The van der Waals surface area contributed by atoms with Gasteiger partial charge in [0.25, 0.3) is 5.91 Å². The molecule has 30 heavy (non-hydrogen) atoms. The fourth-order valence-corrected chi connectivity index (χ4v) is 3.67. The maximum absolute atomic E-state index is 12.5. The quantitative estimate of drug-likeness (QED) is 0.488. The van der Waals surface area contributed by atoms with Crippen LogP contribution in [0.1, 0.15) is 17.0 Å². The number of fused-ring (bicyclic) bond motifs is 1. The molecule has 0 atom stereocenters. The van der Waals surface area contributed by atoms with Gasteiger partial charge >= 0.3 is 0 Å². The van der Waals surface area contributed by atoms with Gasteiger partial charge in [-0.2, -0.15) is 0 Å². The van der Waals surface area contributed by atoms with E-state index < -0.39 is 0 Å². The molecule has 0 radical (unpaired) electrons. The van der Waals surface area contributed by atoms with Crippen LogP contribution in [0.15, 0.2) is 41.2 Å². The molecule has 0 aliphatic rings. The molecule has 8 nitrogen and oxygen atoms in total. The summed E-state index contributed by atoms with van der Waals surface area (Å²) in [7, 11) is 1.80. The Hall–Kier alpha value is -3.46. The second-order valence-corrected chi connectivity index (χ2v) is 7.53. The first-order chi connectivity index (χ1) is 14.5. The van der Waals surface area contributed by atoms with Crippen LogP contribution in [-0.4, -0.2) is 32.3 Å². The highest BCUT2D eigenvalue weighted by Crippen LogP contribution is 2.28. The maximum atomic E-state index is 12.5. The summed E-state index contributed by atoms with van der Waals surface area (Å²) >= 11 is 1.51. The number of rotatable bonds is 7. The number of aryl methyl sites for hydroxylation is 3. The van der Waals surface area contributed by atoms with Crippen molar-refractivity contribution >= 4 is 34.0 Å². The van der Waals surface area contributed by atoms with Gasteiger partial charge in [0.15, 0.2) is 12.3 Å². The van der Waals surface area contributed by atoms with E-state index in [0.29, 0.717) is 23.9 Å². The molecule has 0 spiro atoms. The molecule has 0 fully saturated rings. The SMILES string of the molecule is Cc1cc(C)c2c(OCC(=O)Nc3ccccc3OCc3cscn3)nn(C)c2n1. The van der Waals surface area contributed by atoms with Crippen molar-refractivity contribution in [1.29, 1.82) is 0 Å². The Labute approximate surface area is 177 Å². The average Bonchev–Trinajstić information content (AvgIpc) is 3.34. The largest absolute Gasteiger partial charge is 0.485 e. The van der Waals surface area contributed by atoms with E-state index >= 15 is 0 Å². The van der Waals surface area contributed by atoms with E-state index in [0.717, 1.165) is 28.0 Å². The van der Waals surface area contributed by atoms with Crippen molar-refractivity contribution in [3.05, 3.63) is 58.2 Å². The molecule has 4 aromatic rings. The second-order valence-electron chi connectivity index (χ2n) is 6.81. The Bertz CT molecular complexity index is 1190. The van der Waals surface area contributed by atoms with Crippen molar-refractivity contribution in [1.82, 2.24) is 19.7 Å². The Kier molecular flexibility index (Phi) is 5.62. The minimum Gasteiger partial charge on any atom is -0.485 e. The van der Waals surface area contributed by atoms with Crippen LogP contribution in [0, 0.1) is 13.8 Å². The number of nitrogens with one attached hydrogen (secondary N) is 1. The minimum atomic E-state index is -0.309. The lowest BCUT2D eigenvalue weighted by atomic mass is 10.2. The predicted molar refractivity (Wildman–Crippen MR) is 115 cm³/mol. The van der Waals surface area contributed by atoms with Gasteiger partial charge in [0, 0.05) is 18.1 Å². The smallest absolute Gasteiger partial charge is 0.262 e. The summed E-state index contributed by atoms with van der Waals surface area (Å²) in [5.41, 5.74) is 5.79. The highest BCUT2D eigenvalue weighted by atomic mass is 32.1. The highest BCUT2D eigenvalue weighted by molar-refractivity contribution is 7.07. The van der Waals surface area contributed by atoms with E-state index in [2.05, 4.69) is 20.4 Å². The number of para-hydroxylation sites is 2. The van der Waals surface area contributed by atoms with Crippen molar-refractivity contribution in [2.45, 2.75) is 20.5 Å². The molecule has 0 saturated carbocycles. The number of benzene rings is 1. The van der Waals surface area contributed by atoms with Gasteiger partial charge in [0.05, 0.1) is 22.3 Å². The van der Waals surface area contributed by atoms with E-state index in [4.69, 9.17) is 9.47 Å². The molecule has 0 unspecified atom stereocenters. The first kappa shape index (κ1) is 19.8. The van der Waals surface area contributed by atoms with Gasteiger partial charge in [0.2, 0.25) is 5.88 Å². The molecule has 0 bridgehead atoms. The summed E-state index contributed by atoms with van der Waals surface area (Å²) in [6, 6.07) is 9.22. The van der Waals surface area contributed by atoms with Crippen molar-refractivity contribution in [2.24, 2.45) is 7.05 Å². The van der Waals surface area contributed by atoms with E-state index in [-0.39, 0.29) is 12.5 Å². The number of carbonyl (C=O) groups is 1. The second kappa shape index (κ2) is 8.50. The van der Waals surface area contributed by atoms with E-state index in [1.54, 1.807) is 29.4 Å². The Balaban J connectivity index is 1.43. The number of ether oxygens (including phenoxy) is 2. The zero-order chi connectivity index (χ0) is 21.1. The average molecular weight is 423 g/mol. The van der Waals surface area contributed by atoms with Crippen LogP contribution in [0.4, 0.5) is 5.69 Å². The van der Waals surface area contributed by atoms with Gasteiger partial charge < -0.3 is 14.8 Å². The predicted octanol–water partition coefficient (Wildman–Crippen LogP) is 3.64. The van der Waals surface area contributed by atoms with Gasteiger partial charge in [0.1, 0.15) is 12.4 Å². The summed E-state index contributed by atoms with van der Waals surface area (Å²) < 4.78 is 13.2. The lowest BCUT2D eigenvalue weighted by molar-refractivity contribution is -0.118. The Morgan fingerprint density at radius 1 is 1.23 bits per heavy atom. The van der Waals surface area contributed by atoms with Gasteiger partial charge in [-0.1, -0.05) is 12.1 Å². The van der Waals surface area contributed by atoms with Crippen molar-refractivity contribution in [3.8, 4) is 11.6 Å². The first-order valence-electron chi connectivity index (χ1n) is 9.34. The monoisotopic (exact) mass is 423 g/mol. The number of hydrogen-bond acceptors (Lipinski definition) is 7. The van der Waals surface area contributed by atoms with Crippen LogP contribution in [0.2, 0.25) is 0 Å². The van der Waals surface area contributed by atoms with Gasteiger partial charge in [-0.3, -0.25) is 4.79 Å². The zero-order valence-electron chi connectivity index (χ0n) is 16.9. The third kappa shape index (κ3) is 4.25. The van der Waals surface area contributed by atoms with Crippen LogP contribution >= 0.6 is 11.3 Å². The molecule has 1 amide bonds. The van der Waals surface area contributed by atoms with Crippen molar-refractivity contribution in [3.63, 3.8) is 0 Å². The lowest BCUT2D eigenvalue weighted by Gasteiger charge is -2.12. The fourth-order valence-electron chi connectivity index (χ4n) is 3.13. The van der Waals surface area contributed by atoms with Crippen LogP contribution in [0.25, 0.3) is 11.0 Å². The summed E-state index contributed by atoms with van der Waals surface area (Å²) in [5, 5.41) is 9.93. The van der Waals surface area contributed by atoms with E-state index in [1.807, 2.05) is 37.4 Å². The summed E-state index contributed by atoms with van der Waals surface area (Å²) in [4.78, 5) is 21.2. The number of thiazole rings is 1. The number of pyridine rings is 1. The van der Waals surface area contributed by atoms with Crippen LogP contribution in [-0.2, 0) is 18.4 Å². The standard InChI is InChI=1S/C21H21N5O3S/c1-13-8-14(2)23-20-19(13)21(25-26(20)3)29-10-18(27)24-16-6-4-5-7-17(16)28-9-15-11-30-12-22-15/h4-8,11-12H,9-10H2,1-3H3,(H,24,27). The molecule has 3 aromatic heterocycles. The normalized spacial score (nSPS) is 10.9. The molecule has 0 aliphatic carbocycles. The van der Waals surface area contributed by atoms with Gasteiger partial charge in [-0.05, 0) is 37.6 Å². The van der Waals surface area contributed by atoms with Gasteiger partial charge in [-0.15, -0.1) is 16.4 Å². The third-order valence-electron chi connectivity index (χ3n) is 4.45. The molecular formula is C21H21N5O3S. The van der Waals surface area contributed by atoms with Crippen LogP contribution in [0.5, 0.6) is 11.6 Å². The Morgan fingerprint density at radius 3 is 2.87 bits per heavy atom. The fraction of sp³-hybridized carbons (Fsp3) is 0.238. The summed E-state index contributed by atoms with van der Waals surface area (Å²) in [5.74, 6) is 0.648. The summed E-state index contributed by atoms with van der Waals surface area (Å²) in [6.45, 7) is 4.06. The molecular weight excluding hydrogens is 402 g/mol. The zero-order valence-corrected chi connectivity index (χ0v) is 17.7. The maximum Gasteiger partial charge on any atom is 0.262 e. The molecule has 1 aromatic carbocycles. The molecule has 0 saturated heterocycles. The molecule has 154 valence electrons. The molecule has 3 heterocycles. The summed E-state index contributed by atoms with van der Waals surface area (Å²) in [6.07, 6.45) is 0. The van der Waals surface area contributed by atoms with Crippen molar-refractivity contribution in [2.75, 3.05) is 11.9 Å². The highest BCUT2D eigenvalue weighted by Gasteiger charge is 2.16. The molecule has 0 aliphatic heterocycles. The van der Waals surface area contributed by atoms with E-state index in [1.165, 1.54) is 11.3 Å². The number of anilines is 1. The third-order valence-corrected chi connectivity index (χ3v) is 5.08. The van der Waals surface area contributed by atoms with Gasteiger partial charge in [-0.25, -0.2) is 14.6 Å². The van der Waals surface area contributed by atoms with Crippen LogP contribution < -0.4 is 14.8 Å². The van der Waals surface area contributed by atoms with Crippen molar-refractivity contribution < 1.29 is 14.3 Å². The minimum absolute atomic E-state index is 0.181. The molecule has 1 N–H and O–H groups in total. The number of hydrogen-bond donors (Lipinski definition) is 1. The lowest BCUT2D eigenvalue weighted by Crippen LogP contribution is -2.21. The number of nitrogens with zero attached hydrogens (tertiary/aromatic N) is 4. The number of carbonyl (C=O) groups excluding carboxylic acids is 1. The van der Waals surface area contributed by atoms with E-state index in [9.17, 15) is 4.79 Å².